The lowest BCUT2D eigenvalue weighted by atomic mass is 9.95. The Morgan fingerprint density at radius 3 is 2.95 bits per heavy atom. The maximum Gasteiger partial charge on any atom is 0.257 e. The van der Waals surface area contributed by atoms with Gasteiger partial charge >= 0.3 is 0 Å². The molecule has 0 unspecified atom stereocenters. The van der Waals surface area contributed by atoms with Crippen LogP contribution < -0.4 is 10.1 Å². The molecule has 21 heavy (non-hydrogen) atoms. The van der Waals surface area contributed by atoms with Gasteiger partial charge in [-0.15, -0.1) is 0 Å². The Morgan fingerprint density at radius 1 is 1.24 bits per heavy atom. The summed E-state index contributed by atoms with van der Waals surface area (Å²) in [6.45, 7) is 0. The molecule has 2 aromatic heterocycles. The van der Waals surface area contributed by atoms with Gasteiger partial charge in [0.15, 0.2) is 0 Å². The summed E-state index contributed by atoms with van der Waals surface area (Å²) < 4.78 is 5.04. The molecule has 0 saturated heterocycles. The maximum atomic E-state index is 12.3. The van der Waals surface area contributed by atoms with Crippen molar-refractivity contribution >= 4 is 11.6 Å². The first-order valence-electron chi connectivity index (χ1n) is 7.05. The van der Waals surface area contributed by atoms with Crippen molar-refractivity contribution in [3.05, 3.63) is 47.4 Å². The molecular weight excluding hydrogens is 266 g/mol. The van der Waals surface area contributed by atoms with E-state index in [-0.39, 0.29) is 5.91 Å². The van der Waals surface area contributed by atoms with Crippen molar-refractivity contribution in [3.63, 3.8) is 0 Å². The summed E-state index contributed by atoms with van der Waals surface area (Å²) in [6, 6.07) is 5.37. The number of carbonyl (C=O) groups excluding carboxylic acids is 1. The third-order valence-electron chi connectivity index (χ3n) is 3.63. The number of rotatable bonds is 3. The number of aryl methyl sites for hydroxylation is 2. The van der Waals surface area contributed by atoms with Gasteiger partial charge in [0.05, 0.1) is 12.7 Å². The second-order valence-corrected chi connectivity index (χ2v) is 5.08. The topological polar surface area (TPSA) is 64.1 Å². The largest absolute Gasteiger partial charge is 0.481 e. The van der Waals surface area contributed by atoms with Gasteiger partial charge in [0.1, 0.15) is 0 Å². The number of nitrogens with one attached hydrogen (secondary N) is 1. The van der Waals surface area contributed by atoms with E-state index in [0.29, 0.717) is 17.1 Å². The van der Waals surface area contributed by atoms with Crippen molar-refractivity contribution in [2.24, 2.45) is 0 Å². The minimum Gasteiger partial charge on any atom is -0.481 e. The molecule has 0 fully saturated rings. The molecule has 2 aromatic rings. The van der Waals surface area contributed by atoms with Crippen molar-refractivity contribution in [3.8, 4) is 5.88 Å². The SMILES string of the molecule is COc1cc(NC(=O)c2cnc3c(c2)CCCC3)ccn1. The van der Waals surface area contributed by atoms with Gasteiger partial charge in [-0.25, -0.2) is 4.98 Å². The molecule has 1 aliphatic carbocycles. The van der Waals surface area contributed by atoms with Crippen LogP contribution in [0.15, 0.2) is 30.6 Å². The minimum absolute atomic E-state index is 0.163. The molecule has 2 heterocycles. The Labute approximate surface area is 123 Å². The monoisotopic (exact) mass is 283 g/mol. The van der Waals surface area contributed by atoms with Crippen LogP contribution in [0.1, 0.15) is 34.5 Å². The number of nitrogens with zero attached hydrogens (tertiary/aromatic N) is 2. The summed E-state index contributed by atoms with van der Waals surface area (Å²) in [5.41, 5.74) is 3.57. The molecule has 0 aliphatic heterocycles. The number of amides is 1. The van der Waals surface area contributed by atoms with E-state index in [0.717, 1.165) is 18.5 Å². The molecule has 1 amide bonds. The maximum absolute atomic E-state index is 12.3. The number of carbonyl (C=O) groups is 1. The first-order chi connectivity index (χ1) is 10.3. The molecule has 0 aromatic carbocycles. The highest BCUT2D eigenvalue weighted by molar-refractivity contribution is 6.04. The van der Waals surface area contributed by atoms with E-state index >= 15 is 0 Å². The quantitative estimate of drug-likeness (QED) is 0.940. The number of pyridine rings is 2. The fourth-order valence-electron chi connectivity index (χ4n) is 2.51. The Morgan fingerprint density at radius 2 is 2.10 bits per heavy atom. The summed E-state index contributed by atoms with van der Waals surface area (Å²) in [5, 5.41) is 2.84. The summed E-state index contributed by atoms with van der Waals surface area (Å²) in [5.74, 6) is 0.306. The highest BCUT2D eigenvalue weighted by atomic mass is 16.5. The third kappa shape index (κ3) is 3.02. The number of aromatic nitrogens is 2. The van der Waals surface area contributed by atoms with Crippen LogP contribution in [0.3, 0.4) is 0 Å². The number of fused-ring (bicyclic) bond motifs is 1. The molecule has 3 rings (SSSR count). The van der Waals surface area contributed by atoms with Gasteiger partial charge in [0, 0.05) is 29.8 Å². The Hall–Kier alpha value is -2.43. The van der Waals surface area contributed by atoms with E-state index in [1.807, 2.05) is 6.07 Å². The van der Waals surface area contributed by atoms with Crippen LogP contribution >= 0.6 is 0 Å². The predicted octanol–water partition coefficient (Wildman–Crippen LogP) is 2.62. The van der Waals surface area contributed by atoms with Crippen LogP contribution in [0, 0.1) is 0 Å². The highest BCUT2D eigenvalue weighted by Crippen LogP contribution is 2.21. The van der Waals surface area contributed by atoms with Gasteiger partial charge in [-0.2, -0.15) is 0 Å². The second-order valence-electron chi connectivity index (χ2n) is 5.08. The second kappa shape index (κ2) is 5.91. The lowest BCUT2D eigenvalue weighted by molar-refractivity contribution is 0.102. The average molecular weight is 283 g/mol. The first-order valence-corrected chi connectivity index (χ1v) is 7.05. The molecule has 1 N–H and O–H groups in total. The standard InChI is InChI=1S/C16H17N3O2/c1-21-15-9-13(6-7-17-15)19-16(20)12-8-11-4-2-3-5-14(11)18-10-12/h6-10H,2-5H2,1H3,(H,17,19,20). The van der Waals surface area contributed by atoms with E-state index in [1.54, 1.807) is 31.6 Å². The molecule has 108 valence electrons. The van der Waals surface area contributed by atoms with Crippen LogP contribution in [0.2, 0.25) is 0 Å². The van der Waals surface area contributed by atoms with Crippen LogP contribution in [0.4, 0.5) is 5.69 Å². The van der Waals surface area contributed by atoms with Crippen molar-refractivity contribution in [2.75, 3.05) is 12.4 Å². The van der Waals surface area contributed by atoms with E-state index in [2.05, 4.69) is 15.3 Å². The average Bonchev–Trinajstić information content (AvgIpc) is 2.54. The molecule has 0 radical (unpaired) electrons. The smallest absolute Gasteiger partial charge is 0.257 e. The lowest BCUT2D eigenvalue weighted by Crippen LogP contribution is -2.15. The molecule has 0 bridgehead atoms. The number of hydrogen-bond acceptors (Lipinski definition) is 4. The minimum atomic E-state index is -0.163. The predicted molar refractivity (Wildman–Crippen MR) is 79.6 cm³/mol. The highest BCUT2D eigenvalue weighted by Gasteiger charge is 2.14. The molecule has 5 heteroatoms. The Bertz CT molecular complexity index is 670. The van der Waals surface area contributed by atoms with E-state index in [1.165, 1.54) is 18.4 Å². The van der Waals surface area contributed by atoms with Crippen molar-refractivity contribution in [2.45, 2.75) is 25.7 Å². The molecule has 5 nitrogen and oxygen atoms in total. The molecule has 1 aliphatic rings. The zero-order valence-corrected chi connectivity index (χ0v) is 11.9. The van der Waals surface area contributed by atoms with E-state index < -0.39 is 0 Å². The van der Waals surface area contributed by atoms with E-state index in [9.17, 15) is 4.79 Å². The van der Waals surface area contributed by atoms with Crippen LogP contribution in [-0.4, -0.2) is 23.0 Å². The van der Waals surface area contributed by atoms with Gasteiger partial charge < -0.3 is 10.1 Å². The number of ether oxygens (including phenoxy) is 1. The molecule has 0 spiro atoms. The number of methoxy groups -OCH3 is 1. The van der Waals surface area contributed by atoms with Crippen molar-refractivity contribution in [1.82, 2.24) is 9.97 Å². The van der Waals surface area contributed by atoms with Gasteiger partial charge in [0.25, 0.3) is 5.91 Å². The summed E-state index contributed by atoms with van der Waals surface area (Å²) in [4.78, 5) is 20.7. The molecule has 0 saturated carbocycles. The van der Waals surface area contributed by atoms with Gasteiger partial charge in [-0.1, -0.05) is 0 Å². The number of hydrogen-bond donors (Lipinski definition) is 1. The summed E-state index contributed by atoms with van der Waals surface area (Å²) in [7, 11) is 1.54. The molecular formula is C16H17N3O2. The first kappa shape index (κ1) is 13.5. The van der Waals surface area contributed by atoms with Crippen molar-refractivity contribution in [1.29, 1.82) is 0 Å². The van der Waals surface area contributed by atoms with Gasteiger partial charge in [-0.05, 0) is 43.4 Å². The van der Waals surface area contributed by atoms with Crippen LogP contribution in [0.25, 0.3) is 0 Å². The number of anilines is 1. The Kier molecular flexibility index (Phi) is 3.81. The fraction of sp³-hybridized carbons (Fsp3) is 0.312. The Balaban J connectivity index is 1.78. The van der Waals surface area contributed by atoms with Gasteiger partial charge in [0.2, 0.25) is 5.88 Å². The van der Waals surface area contributed by atoms with Gasteiger partial charge in [-0.3, -0.25) is 9.78 Å². The normalized spacial score (nSPS) is 13.4. The zero-order valence-electron chi connectivity index (χ0n) is 11.9. The van der Waals surface area contributed by atoms with E-state index in [4.69, 9.17) is 4.74 Å². The zero-order chi connectivity index (χ0) is 14.7. The van der Waals surface area contributed by atoms with Crippen LogP contribution in [0.5, 0.6) is 5.88 Å². The summed E-state index contributed by atoms with van der Waals surface area (Å²) >= 11 is 0. The van der Waals surface area contributed by atoms with Crippen LogP contribution in [-0.2, 0) is 12.8 Å². The fourth-order valence-corrected chi connectivity index (χ4v) is 2.51. The van der Waals surface area contributed by atoms with Crippen molar-refractivity contribution < 1.29 is 9.53 Å². The molecule has 0 atom stereocenters. The summed E-state index contributed by atoms with van der Waals surface area (Å²) in [6.07, 6.45) is 7.62. The lowest BCUT2D eigenvalue weighted by Gasteiger charge is -2.15. The third-order valence-corrected chi connectivity index (χ3v) is 3.63.